The minimum Gasteiger partial charge on any atom is -0.385 e. The lowest BCUT2D eigenvalue weighted by Gasteiger charge is -2.20. The topological polar surface area (TPSA) is 41.1 Å². The third-order valence-corrected chi connectivity index (χ3v) is 3.41. The van der Waals surface area contributed by atoms with Crippen molar-refractivity contribution in [3.63, 3.8) is 0 Å². The minimum absolute atomic E-state index is 0.0756. The highest BCUT2D eigenvalue weighted by Gasteiger charge is 2.16. The molecule has 0 fully saturated rings. The molecule has 0 atom stereocenters. The smallest absolute Gasteiger partial charge is 0.251 e. The molecule has 1 heterocycles. The molecule has 2 rings (SSSR count). The van der Waals surface area contributed by atoms with Gasteiger partial charge in [-0.3, -0.25) is 4.79 Å². The van der Waals surface area contributed by atoms with E-state index in [4.69, 9.17) is 0 Å². The molecule has 0 bridgehead atoms. The van der Waals surface area contributed by atoms with Gasteiger partial charge in [0.1, 0.15) is 0 Å². The van der Waals surface area contributed by atoms with Gasteiger partial charge in [-0.25, -0.2) is 0 Å². The van der Waals surface area contributed by atoms with Crippen LogP contribution in [-0.4, -0.2) is 19.0 Å². The van der Waals surface area contributed by atoms with Crippen molar-refractivity contribution in [2.24, 2.45) is 0 Å². The third kappa shape index (κ3) is 3.03. The van der Waals surface area contributed by atoms with Gasteiger partial charge in [-0.15, -0.1) is 0 Å². The van der Waals surface area contributed by atoms with E-state index in [0.29, 0.717) is 0 Å². The number of carbonyl (C=O) groups excluding carboxylic acids is 1. The number of hydrogen-bond donors (Lipinski definition) is 2. The molecule has 1 aromatic rings. The highest BCUT2D eigenvalue weighted by atomic mass is 16.1. The quantitative estimate of drug-likeness (QED) is 0.784. The van der Waals surface area contributed by atoms with Crippen molar-refractivity contribution < 1.29 is 4.79 Å². The second kappa shape index (κ2) is 6.43. The van der Waals surface area contributed by atoms with Crippen LogP contribution in [0.25, 0.3) is 0 Å². The number of nitrogens with one attached hydrogen (secondary N) is 2. The average molecular weight is 246 g/mol. The monoisotopic (exact) mass is 246 g/mol. The van der Waals surface area contributed by atoms with Crippen molar-refractivity contribution in [1.82, 2.24) is 5.32 Å². The van der Waals surface area contributed by atoms with E-state index in [1.165, 1.54) is 18.4 Å². The Labute approximate surface area is 109 Å². The van der Waals surface area contributed by atoms with Gasteiger partial charge < -0.3 is 10.6 Å². The Morgan fingerprint density at radius 3 is 3.11 bits per heavy atom. The Morgan fingerprint density at radius 2 is 2.28 bits per heavy atom. The number of benzene rings is 1. The molecule has 98 valence electrons. The Kier molecular flexibility index (Phi) is 4.62. The van der Waals surface area contributed by atoms with Gasteiger partial charge in [0.2, 0.25) is 0 Å². The molecule has 0 aromatic heterocycles. The summed E-state index contributed by atoms with van der Waals surface area (Å²) in [6, 6.07) is 5.95. The van der Waals surface area contributed by atoms with Crippen molar-refractivity contribution in [2.45, 2.75) is 39.0 Å². The summed E-state index contributed by atoms with van der Waals surface area (Å²) in [6.45, 7) is 3.96. The maximum Gasteiger partial charge on any atom is 0.251 e. The molecule has 1 aliphatic rings. The van der Waals surface area contributed by atoms with Crippen LogP contribution < -0.4 is 10.6 Å². The number of hydrogen-bond acceptors (Lipinski definition) is 2. The summed E-state index contributed by atoms with van der Waals surface area (Å²) >= 11 is 0. The summed E-state index contributed by atoms with van der Waals surface area (Å²) in [5.41, 5.74) is 3.15. The van der Waals surface area contributed by atoms with Crippen LogP contribution in [-0.2, 0) is 6.42 Å². The van der Waals surface area contributed by atoms with E-state index in [0.717, 1.165) is 43.6 Å². The Morgan fingerprint density at radius 1 is 1.39 bits per heavy atom. The van der Waals surface area contributed by atoms with E-state index >= 15 is 0 Å². The molecule has 1 aliphatic heterocycles. The average Bonchev–Trinajstić information content (AvgIpc) is 2.43. The molecule has 1 aromatic carbocycles. The molecule has 0 unspecified atom stereocenters. The first-order chi connectivity index (χ1) is 8.83. The molecular formula is C15H22N2O. The van der Waals surface area contributed by atoms with E-state index in [1.807, 2.05) is 12.1 Å². The van der Waals surface area contributed by atoms with Gasteiger partial charge in [-0.2, -0.15) is 0 Å². The van der Waals surface area contributed by atoms with Gasteiger partial charge in [-0.1, -0.05) is 25.8 Å². The third-order valence-electron chi connectivity index (χ3n) is 3.41. The summed E-state index contributed by atoms with van der Waals surface area (Å²) in [5, 5.41) is 6.37. The number of amides is 1. The molecule has 18 heavy (non-hydrogen) atoms. The zero-order valence-corrected chi connectivity index (χ0v) is 11.1. The fraction of sp³-hybridized carbons (Fsp3) is 0.533. The molecule has 0 saturated heterocycles. The van der Waals surface area contributed by atoms with E-state index < -0.39 is 0 Å². The van der Waals surface area contributed by atoms with Crippen LogP contribution in [0.15, 0.2) is 18.2 Å². The molecule has 3 heteroatoms. The van der Waals surface area contributed by atoms with Gasteiger partial charge in [0, 0.05) is 24.3 Å². The molecule has 0 spiro atoms. The highest BCUT2D eigenvalue weighted by Crippen LogP contribution is 2.25. The molecule has 0 saturated carbocycles. The first kappa shape index (κ1) is 12.9. The van der Waals surface area contributed by atoms with Crippen LogP contribution in [0.1, 0.15) is 48.5 Å². The van der Waals surface area contributed by atoms with E-state index in [1.54, 1.807) is 0 Å². The predicted molar refractivity (Wildman–Crippen MR) is 75.1 cm³/mol. The summed E-state index contributed by atoms with van der Waals surface area (Å²) in [5.74, 6) is 0.0756. The van der Waals surface area contributed by atoms with Crippen molar-refractivity contribution in [1.29, 1.82) is 0 Å². The first-order valence-corrected chi connectivity index (χ1v) is 6.97. The maximum atomic E-state index is 12.1. The summed E-state index contributed by atoms with van der Waals surface area (Å²) in [6.07, 6.45) is 5.53. The van der Waals surface area contributed by atoms with E-state index in [2.05, 4.69) is 23.6 Å². The van der Waals surface area contributed by atoms with Crippen molar-refractivity contribution in [2.75, 3.05) is 18.4 Å². The zero-order valence-electron chi connectivity index (χ0n) is 11.1. The van der Waals surface area contributed by atoms with Crippen LogP contribution in [0.3, 0.4) is 0 Å². The summed E-state index contributed by atoms with van der Waals surface area (Å²) in [7, 11) is 0. The van der Waals surface area contributed by atoms with Gasteiger partial charge in [0.25, 0.3) is 5.91 Å². The van der Waals surface area contributed by atoms with Crippen LogP contribution >= 0.6 is 0 Å². The van der Waals surface area contributed by atoms with Gasteiger partial charge in [0.15, 0.2) is 0 Å². The number of fused-ring (bicyclic) bond motifs is 1. The SMILES string of the molecule is CCCCCNC(=O)c1cccc2c1CCCN2. The Balaban J connectivity index is 2.01. The standard InChI is InChI=1S/C15H22N2O/c1-2-3-4-10-17-15(18)13-7-5-9-14-12(13)8-6-11-16-14/h5,7,9,16H,2-4,6,8,10-11H2,1H3,(H,17,18). The van der Waals surface area contributed by atoms with Crippen molar-refractivity contribution in [3.05, 3.63) is 29.3 Å². The Hall–Kier alpha value is -1.51. The first-order valence-electron chi connectivity index (χ1n) is 6.97. The number of anilines is 1. The van der Waals surface area contributed by atoms with Crippen LogP contribution in [0, 0.1) is 0 Å². The summed E-state index contributed by atoms with van der Waals surface area (Å²) in [4.78, 5) is 12.1. The fourth-order valence-electron chi connectivity index (χ4n) is 2.39. The van der Waals surface area contributed by atoms with Crippen LogP contribution in [0.5, 0.6) is 0 Å². The molecular weight excluding hydrogens is 224 g/mol. The minimum atomic E-state index is 0.0756. The van der Waals surface area contributed by atoms with Crippen LogP contribution in [0.2, 0.25) is 0 Å². The highest BCUT2D eigenvalue weighted by molar-refractivity contribution is 5.97. The van der Waals surface area contributed by atoms with Crippen molar-refractivity contribution in [3.8, 4) is 0 Å². The molecule has 1 amide bonds. The lowest BCUT2D eigenvalue weighted by molar-refractivity contribution is 0.0952. The van der Waals surface area contributed by atoms with E-state index in [9.17, 15) is 4.79 Å². The van der Waals surface area contributed by atoms with Gasteiger partial charge in [-0.05, 0) is 37.0 Å². The maximum absolute atomic E-state index is 12.1. The number of carbonyl (C=O) groups is 1. The molecule has 0 aliphatic carbocycles. The van der Waals surface area contributed by atoms with Gasteiger partial charge >= 0.3 is 0 Å². The largest absolute Gasteiger partial charge is 0.385 e. The van der Waals surface area contributed by atoms with Gasteiger partial charge in [0.05, 0.1) is 0 Å². The van der Waals surface area contributed by atoms with Crippen molar-refractivity contribution >= 4 is 11.6 Å². The fourth-order valence-corrected chi connectivity index (χ4v) is 2.39. The zero-order chi connectivity index (χ0) is 12.8. The Bertz CT molecular complexity index is 415. The normalized spacial score (nSPS) is 13.6. The van der Waals surface area contributed by atoms with E-state index in [-0.39, 0.29) is 5.91 Å². The summed E-state index contributed by atoms with van der Waals surface area (Å²) < 4.78 is 0. The number of unbranched alkanes of at least 4 members (excludes halogenated alkanes) is 2. The second-order valence-corrected chi connectivity index (χ2v) is 4.83. The second-order valence-electron chi connectivity index (χ2n) is 4.83. The van der Waals surface area contributed by atoms with Crippen LogP contribution in [0.4, 0.5) is 5.69 Å². The molecule has 3 nitrogen and oxygen atoms in total. The number of rotatable bonds is 5. The predicted octanol–water partition coefficient (Wildman–Crippen LogP) is 2.96. The lowest BCUT2D eigenvalue weighted by atomic mass is 9.97. The molecule has 0 radical (unpaired) electrons. The molecule has 2 N–H and O–H groups in total. The lowest BCUT2D eigenvalue weighted by Crippen LogP contribution is -2.26.